The van der Waals surface area contributed by atoms with Crippen LogP contribution in [0, 0.1) is 0 Å². The Labute approximate surface area is 116 Å². The fraction of sp³-hybridized carbons (Fsp3) is 0.462. The van der Waals surface area contributed by atoms with Crippen LogP contribution in [0.3, 0.4) is 0 Å². The first-order valence-corrected chi connectivity index (χ1v) is 6.59. The number of rotatable bonds is 5. The van der Waals surface area contributed by atoms with E-state index in [-0.39, 0.29) is 0 Å². The summed E-state index contributed by atoms with van der Waals surface area (Å²) < 4.78 is 11.2. The first kappa shape index (κ1) is 15.0. The Morgan fingerprint density at radius 1 is 1.33 bits per heavy atom. The number of halogens is 1. The number of nitrogens with one attached hydrogen (secondary N) is 1. The van der Waals surface area contributed by atoms with E-state index in [0.29, 0.717) is 12.3 Å². The smallest absolute Gasteiger partial charge is 0.427 e. The van der Waals surface area contributed by atoms with Crippen LogP contribution in [0.1, 0.15) is 20.8 Å². The second-order valence-corrected chi connectivity index (χ2v) is 5.36. The first-order chi connectivity index (χ1) is 8.43. The molecule has 0 saturated heterocycles. The monoisotopic (exact) mass is 315 g/mol. The lowest BCUT2D eigenvalue weighted by Crippen LogP contribution is -2.40. The van der Waals surface area contributed by atoms with E-state index in [1.165, 1.54) is 0 Å². The van der Waals surface area contributed by atoms with Crippen molar-refractivity contribution in [2.75, 3.05) is 13.1 Å². The summed E-state index contributed by atoms with van der Waals surface area (Å²) in [6.45, 7) is 7.07. The molecule has 1 aromatic rings. The van der Waals surface area contributed by atoms with Gasteiger partial charge in [0.15, 0.2) is 0 Å². The SMILES string of the molecule is CCNCC(C)(C)OC(=O)Oc1ccc(Br)cc1. The largest absolute Gasteiger partial charge is 0.514 e. The summed E-state index contributed by atoms with van der Waals surface area (Å²) in [5, 5.41) is 3.13. The van der Waals surface area contributed by atoms with Gasteiger partial charge in [-0.1, -0.05) is 22.9 Å². The molecule has 0 bridgehead atoms. The van der Waals surface area contributed by atoms with Gasteiger partial charge in [0.05, 0.1) is 0 Å². The average molecular weight is 316 g/mol. The van der Waals surface area contributed by atoms with Crippen LogP contribution >= 0.6 is 15.9 Å². The molecule has 0 amide bonds. The maximum Gasteiger partial charge on any atom is 0.514 e. The van der Waals surface area contributed by atoms with Gasteiger partial charge in [-0.25, -0.2) is 4.79 Å². The fourth-order valence-corrected chi connectivity index (χ4v) is 1.57. The Balaban J connectivity index is 2.48. The summed E-state index contributed by atoms with van der Waals surface area (Å²) >= 11 is 3.31. The molecule has 0 unspecified atom stereocenters. The maximum absolute atomic E-state index is 11.6. The van der Waals surface area contributed by atoms with Crippen molar-refractivity contribution < 1.29 is 14.3 Å². The number of likely N-dealkylation sites (N-methyl/N-ethyl adjacent to an activating group) is 1. The van der Waals surface area contributed by atoms with Gasteiger partial charge in [-0.05, 0) is 44.7 Å². The quantitative estimate of drug-likeness (QED) is 0.668. The lowest BCUT2D eigenvalue weighted by atomic mass is 10.1. The van der Waals surface area contributed by atoms with E-state index in [1.807, 2.05) is 20.8 Å². The molecule has 0 atom stereocenters. The summed E-state index contributed by atoms with van der Waals surface area (Å²) in [5.74, 6) is 0.461. The van der Waals surface area contributed by atoms with Crippen LogP contribution in [0.2, 0.25) is 0 Å². The van der Waals surface area contributed by atoms with Crippen molar-refractivity contribution in [3.8, 4) is 5.75 Å². The van der Waals surface area contributed by atoms with E-state index in [4.69, 9.17) is 9.47 Å². The van der Waals surface area contributed by atoms with Crippen molar-refractivity contribution >= 4 is 22.1 Å². The van der Waals surface area contributed by atoms with Crippen LogP contribution in [0.25, 0.3) is 0 Å². The van der Waals surface area contributed by atoms with Gasteiger partial charge in [0, 0.05) is 11.0 Å². The second kappa shape index (κ2) is 6.75. The molecule has 1 rings (SSSR count). The Hall–Kier alpha value is -1.07. The van der Waals surface area contributed by atoms with Gasteiger partial charge in [0.25, 0.3) is 0 Å². The van der Waals surface area contributed by atoms with Crippen molar-refractivity contribution in [1.82, 2.24) is 5.32 Å². The molecule has 0 heterocycles. The molecule has 18 heavy (non-hydrogen) atoms. The highest BCUT2D eigenvalue weighted by Crippen LogP contribution is 2.17. The minimum atomic E-state index is -0.694. The minimum Gasteiger partial charge on any atom is -0.427 e. The minimum absolute atomic E-state index is 0.461. The number of hydrogen-bond acceptors (Lipinski definition) is 4. The molecule has 100 valence electrons. The zero-order valence-corrected chi connectivity index (χ0v) is 12.4. The summed E-state index contributed by atoms with van der Waals surface area (Å²) in [5.41, 5.74) is -0.595. The van der Waals surface area contributed by atoms with Crippen LogP contribution in [0.15, 0.2) is 28.7 Å². The molecule has 0 aliphatic heterocycles. The van der Waals surface area contributed by atoms with Gasteiger partial charge in [0.2, 0.25) is 0 Å². The molecule has 5 heteroatoms. The highest BCUT2D eigenvalue weighted by molar-refractivity contribution is 9.10. The molecule has 0 aromatic heterocycles. The predicted molar refractivity (Wildman–Crippen MR) is 73.9 cm³/mol. The Bertz CT molecular complexity index is 390. The van der Waals surface area contributed by atoms with Crippen molar-refractivity contribution in [2.45, 2.75) is 26.4 Å². The van der Waals surface area contributed by atoms with E-state index in [9.17, 15) is 4.79 Å². The van der Waals surface area contributed by atoms with Crippen molar-refractivity contribution in [2.24, 2.45) is 0 Å². The molecule has 0 aliphatic carbocycles. The highest BCUT2D eigenvalue weighted by atomic mass is 79.9. The molecule has 1 N–H and O–H groups in total. The molecule has 0 radical (unpaired) electrons. The summed E-state index contributed by atoms with van der Waals surface area (Å²) in [4.78, 5) is 11.6. The second-order valence-electron chi connectivity index (χ2n) is 4.45. The van der Waals surface area contributed by atoms with Crippen LogP contribution in [0.4, 0.5) is 4.79 Å². The zero-order chi connectivity index (χ0) is 13.6. The van der Waals surface area contributed by atoms with E-state index in [0.717, 1.165) is 11.0 Å². The van der Waals surface area contributed by atoms with Crippen LogP contribution < -0.4 is 10.1 Å². The molecule has 0 spiro atoms. The molecule has 4 nitrogen and oxygen atoms in total. The summed E-state index contributed by atoms with van der Waals surface area (Å²) in [6.07, 6.45) is -0.694. The molecule has 0 fully saturated rings. The van der Waals surface area contributed by atoms with Crippen molar-refractivity contribution in [3.63, 3.8) is 0 Å². The lowest BCUT2D eigenvalue weighted by Gasteiger charge is -2.24. The van der Waals surface area contributed by atoms with Crippen LogP contribution in [-0.4, -0.2) is 24.8 Å². The van der Waals surface area contributed by atoms with E-state index < -0.39 is 11.8 Å². The molecule has 1 aromatic carbocycles. The van der Waals surface area contributed by atoms with Crippen molar-refractivity contribution in [3.05, 3.63) is 28.7 Å². The van der Waals surface area contributed by atoms with Gasteiger partial charge in [-0.2, -0.15) is 0 Å². The Morgan fingerprint density at radius 2 is 1.94 bits per heavy atom. The molecule has 0 saturated carbocycles. The van der Waals surface area contributed by atoms with Crippen molar-refractivity contribution in [1.29, 1.82) is 0 Å². The van der Waals surface area contributed by atoms with Gasteiger partial charge in [-0.15, -0.1) is 0 Å². The molecular weight excluding hydrogens is 298 g/mol. The van der Waals surface area contributed by atoms with Crippen LogP contribution in [0.5, 0.6) is 5.75 Å². The number of carbonyl (C=O) groups is 1. The third-order valence-corrected chi connectivity index (χ3v) is 2.70. The maximum atomic E-state index is 11.6. The summed E-state index contributed by atoms with van der Waals surface area (Å²) in [7, 11) is 0. The van der Waals surface area contributed by atoms with Gasteiger partial charge in [-0.3, -0.25) is 0 Å². The third kappa shape index (κ3) is 5.51. The fourth-order valence-electron chi connectivity index (χ4n) is 1.31. The number of hydrogen-bond donors (Lipinski definition) is 1. The number of carbonyl (C=O) groups excluding carboxylic acids is 1. The van der Waals surface area contributed by atoms with Crippen LogP contribution in [-0.2, 0) is 4.74 Å². The van der Waals surface area contributed by atoms with Gasteiger partial charge < -0.3 is 14.8 Å². The normalized spacial score (nSPS) is 11.1. The summed E-state index contributed by atoms with van der Waals surface area (Å²) in [6, 6.07) is 6.99. The highest BCUT2D eigenvalue weighted by Gasteiger charge is 2.23. The first-order valence-electron chi connectivity index (χ1n) is 5.80. The molecule has 0 aliphatic rings. The lowest BCUT2D eigenvalue weighted by molar-refractivity contribution is 0.0100. The van der Waals surface area contributed by atoms with E-state index in [1.54, 1.807) is 24.3 Å². The average Bonchev–Trinajstić information content (AvgIpc) is 2.29. The van der Waals surface area contributed by atoms with Gasteiger partial charge in [0.1, 0.15) is 11.4 Å². The van der Waals surface area contributed by atoms with Gasteiger partial charge >= 0.3 is 6.16 Å². The molecular formula is C13H18BrNO3. The number of ether oxygens (including phenoxy) is 2. The zero-order valence-electron chi connectivity index (χ0n) is 10.8. The Morgan fingerprint density at radius 3 is 2.50 bits per heavy atom. The predicted octanol–water partition coefficient (Wildman–Crippen LogP) is 3.35. The van der Waals surface area contributed by atoms with E-state index in [2.05, 4.69) is 21.2 Å². The number of benzene rings is 1. The standard InChI is InChI=1S/C13H18BrNO3/c1-4-15-9-13(2,3)18-12(16)17-11-7-5-10(14)6-8-11/h5-8,15H,4,9H2,1-3H3. The Kier molecular flexibility index (Phi) is 5.62. The van der Waals surface area contributed by atoms with E-state index >= 15 is 0 Å². The third-order valence-electron chi connectivity index (χ3n) is 2.18. The topological polar surface area (TPSA) is 47.6 Å².